The van der Waals surface area contributed by atoms with Gasteiger partial charge in [0.2, 0.25) is 0 Å². The summed E-state index contributed by atoms with van der Waals surface area (Å²) in [5, 5.41) is 15.4. The highest BCUT2D eigenvalue weighted by atomic mass is 16.3. The number of nitrogens with zero attached hydrogens (tertiary/aromatic N) is 2. The standard InChI is InChI=1S/C21H19N3O2/c1-16(17-9-8-14-22-15-17)23-24-20(25)21(26,18-10-4-2-5-11-18)19-12-6-3-7-13-19/h2-15,26H,1H3,(H,24,25)/b23-16-. The first-order chi connectivity index (χ1) is 12.6. The summed E-state index contributed by atoms with van der Waals surface area (Å²) in [6.07, 6.45) is 3.32. The van der Waals surface area contributed by atoms with Crippen molar-refractivity contribution in [2.75, 3.05) is 0 Å². The molecule has 26 heavy (non-hydrogen) atoms. The van der Waals surface area contributed by atoms with Gasteiger partial charge in [0, 0.05) is 18.0 Å². The van der Waals surface area contributed by atoms with Crippen LogP contribution in [0.25, 0.3) is 0 Å². The van der Waals surface area contributed by atoms with Crippen LogP contribution in [0.15, 0.2) is 90.3 Å². The van der Waals surface area contributed by atoms with E-state index in [0.29, 0.717) is 16.8 Å². The Balaban J connectivity index is 1.94. The largest absolute Gasteiger partial charge is 0.372 e. The minimum Gasteiger partial charge on any atom is -0.372 e. The monoisotopic (exact) mass is 345 g/mol. The molecule has 0 bridgehead atoms. The third-order valence-electron chi connectivity index (χ3n) is 4.12. The van der Waals surface area contributed by atoms with Crippen molar-refractivity contribution in [2.24, 2.45) is 5.10 Å². The van der Waals surface area contributed by atoms with Gasteiger partial charge in [0.25, 0.3) is 5.91 Å². The molecular formula is C21H19N3O2. The smallest absolute Gasteiger partial charge is 0.281 e. The van der Waals surface area contributed by atoms with Crippen LogP contribution in [0.5, 0.6) is 0 Å². The number of amides is 1. The van der Waals surface area contributed by atoms with Crippen molar-refractivity contribution in [1.29, 1.82) is 0 Å². The minimum atomic E-state index is -1.85. The van der Waals surface area contributed by atoms with Crippen molar-refractivity contribution in [3.63, 3.8) is 0 Å². The van der Waals surface area contributed by atoms with Crippen molar-refractivity contribution in [3.8, 4) is 0 Å². The van der Waals surface area contributed by atoms with Crippen LogP contribution in [0, 0.1) is 0 Å². The summed E-state index contributed by atoms with van der Waals surface area (Å²) in [5.74, 6) is -0.627. The van der Waals surface area contributed by atoms with Gasteiger partial charge in [0.05, 0.1) is 5.71 Å². The maximum absolute atomic E-state index is 12.9. The second-order valence-corrected chi connectivity index (χ2v) is 5.82. The van der Waals surface area contributed by atoms with Crippen molar-refractivity contribution < 1.29 is 9.90 Å². The molecule has 0 radical (unpaired) electrons. The fourth-order valence-electron chi connectivity index (χ4n) is 2.64. The average molecular weight is 345 g/mol. The molecule has 0 fully saturated rings. The summed E-state index contributed by atoms with van der Waals surface area (Å²) in [6, 6.07) is 21.3. The number of rotatable bonds is 5. The lowest BCUT2D eigenvalue weighted by molar-refractivity contribution is -0.136. The number of benzene rings is 2. The van der Waals surface area contributed by atoms with Crippen molar-refractivity contribution >= 4 is 11.6 Å². The molecule has 1 aromatic heterocycles. The van der Waals surface area contributed by atoms with Crippen LogP contribution in [0.3, 0.4) is 0 Å². The Kier molecular flexibility index (Phi) is 5.20. The third kappa shape index (κ3) is 3.53. The van der Waals surface area contributed by atoms with E-state index in [1.54, 1.807) is 73.9 Å². The molecule has 0 atom stereocenters. The van der Waals surface area contributed by atoms with Gasteiger partial charge in [0.15, 0.2) is 5.60 Å². The van der Waals surface area contributed by atoms with Gasteiger partial charge in [-0.1, -0.05) is 66.7 Å². The number of hydrogen-bond acceptors (Lipinski definition) is 4. The Morgan fingerprint density at radius 3 is 2.04 bits per heavy atom. The van der Waals surface area contributed by atoms with Gasteiger partial charge < -0.3 is 5.11 Å². The molecule has 5 nitrogen and oxygen atoms in total. The molecule has 2 aromatic carbocycles. The first-order valence-corrected chi connectivity index (χ1v) is 8.21. The van der Waals surface area contributed by atoms with Crippen molar-refractivity contribution in [2.45, 2.75) is 12.5 Å². The molecule has 0 aliphatic carbocycles. The molecule has 0 saturated heterocycles. The fraction of sp³-hybridized carbons (Fsp3) is 0.0952. The normalized spacial score (nSPS) is 11.8. The Morgan fingerprint density at radius 1 is 0.962 bits per heavy atom. The van der Waals surface area contributed by atoms with E-state index in [2.05, 4.69) is 15.5 Å². The van der Waals surface area contributed by atoms with Gasteiger partial charge in [-0.15, -0.1) is 0 Å². The maximum atomic E-state index is 12.9. The van der Waals surface area contributed by atoms with Gasteiger partial charge >= 0.3 is 0 Å². The fourth-order valence-corrected chi connectivity index (χ4v) is 2.64. The zero-order valence-electron chi connectivity index (χ0n) is 14.3. The lowest BCUT2D eigenvalue weighted by atomic mass is 9.85. The van der Waals surface area contributed by atoms with Crippen LogP contribution in [0.1, 0.15) is 23.6 Å². The number of hydrazone groups is 1. The lowest BCUT2D eigenvalue weighted by Crippen LogP contribution is -2.43. The highest BCUT2D eigenvalue weighted by molar-refractivity contribution is 5.99. The molecule has 0 saturated carbocycles. The Labute approximate surface area is 152 Å². The summed E-state index contributed by atoms with van der Waals surface area (Å²) in [7, 11) is 0. The highest BCUT2D eigenvalue weighted by Crippen LogP contribution is 2.29. The number of aromatic nitrogens is 1. The van der Waals surface area contributed by atoms with E-state index in [-0.39, 0.29) is 0 Å². The summed E-state index contributed by atoms with van der Waals surface area (Å²) in [6.45, 7) is 1.77. The first kappa shape index (κ1) is 17.5. The molecular weight excluding hydrogens is 326 g/mol. The maximum Gasteiger partial charge on any atom is 0.281 e. The number of nitrogens with one attached hydrogen (secondary N) is 1. The second kappa shape index (κ2) is 7.72. The molecule has 5 heteroatoms. The van der Waals surface area contributed by atoms with Gasteiger partial charge in [-0.05, 0) is 24.1 Å². The van der Waals surface area contributed by atoms with Crippen molar-refractivity contribution in [1.82, 2.24) is 10.4 Å². The number of hydrogen-bond donors (Lipinski definition) is 2. The zero-order chi connectivity index (χ0) is 18.4. The predicted octanol–water partition coefficient (Wildman–Crippen LogP) is 2.86. The molecule has 0 aliphatic rings. The van der Waals surface area contributed by atoms with E-state index in [1.165, 1.54) is 0 Å². The van der Waals surface area contributed by atoms with E-state index in [4.69, 9.17) is 0 Å². The molecule has 0 spiro atoms. The van der Waals surface area contributed by atoms with Crippen LogP contribution in [-0.4, -0.2) is 21.7 Å². The molecule has 3 aromatic rings. The minimum absolute atomic E-state index is 0.470. The molecule has 1 heterocycles. The highest BCUT2D eigenvalue weighted by Gasteiger charge is 2.39. The van der Waals surface area contributed by atoms with Gasteiger partial charge in [-0.2, -0.15) is 5.10 Å². The van der Waals surface area contributed by atoms with Crippen LogP contribution in [0.2, 0.25) is 0 Å². The molecule has 3 rings (SSSR count). The molecule has 130 valence electrons. The first-order valence-electron chi connectivity index (χ1n) is 8.21. The van der Waals surface area contributed by atoms with Gasteiger partial charge in [0.1, 0.15) is 0 Å². The lowest BCUT2D eigenvalue weighted by Gasteiger charge is -2.27. The number of aliphatic hydroxyl groups is 1. The van der Waals surface area contributed by atoms with E-state index in [9.17, 15) is 9.90 Å². The SMILES string of the molecule is C/C(=N/NC(=O)C(O)(c1ccccc1)c1ccccc1)c1cccnc1. The summed E-state index contributed by atoms with van der Waals surface area (Å²) in [5.41, 5.74) is 2.96. The van der Waals surface area contributed by atoms with E-state index in [1.807, 2.05) is 18.2 Å². The molecule has 1 amide bonds. The summed E-state index contributed by atoms with van der Waals surface area (Å²) < 4.78 is 0. The third-order valence-corrected chi connectivity index (χ3v) is 4.12. The second-order valence-electron chi connectivity index (χ2n) is 5.82. The summed E-state index contributed by atoms with van der Waals surface area (Å²) >= 11 is 0. The van der Waals surface area contributed by atoms with Crippen LogP contribution in [0.4, 0.5) is 0 Å². The Morgan fingerprint density at radius 2 is 1.54 bits per heavy atom. The Bertz CT molecular complexity index is 855. The molecule has 0 aliphatic heterocycles. The Hall–Kier alpha value is -3.31. The quantitative estimate of drug-likeness (QED) is 0.551. The topological polar surface area (TPSA) is 74.6 Å². The zero-order valence-corrected chi connectivity index (χ0v) is 14.3. The van der Waals surface area contributed by atoms with Crippen LogP contribution < -0.4 is 5.43 Å². The average Bonchev–Trinajstić information content (AvgIpc) is 2.73. The van der Waals surface area contributed by atoms with E-state index in [0.717, 1.165) is 5.56 Å². The number of carbonyl (C=O) groups is 1. The van der Waals surface area contributed by atoms with Gasteiger partial charge in [-0.25, -0.2) is 5.43 Å². The van der Waals surface area contributed by atoms with E-state index < -0.39 is 11.5 Å². The van der Waals surface area contributed by atoms with E-state index >= 15 is 0 Å². The number of carbonyl (C=O) groups excluding carboxylic acids is 1. The van der Waals surface area contributed by atoms with Gasteiger partial charge in [-0.3, -0.25) is 9.78 Å². The van der Waals surface area contributed by atoms with Crippen LogP contribution in [-0.2, 0) is 10.4 Å². The molecule has 2 N–H and O–H groups in total. The number of pyridine rings is 1. The summed E-state index contributed by atoms with van der Waals surface area (Å²) in [4.78, 5) is 17.0. The predicted molar refractivity (Wildman–Crippen MR) is 100 cm³/mol. The van der Waals surface area contributed by atoms with Crippen LogP contribution >= 0.6 is 0 Å². The molecule has 0 unspecified atom stereocenters. The van der Waals surface area contributed by atoms with Crippen molar-refractivity contribution in [3.05, 3.63) is 102 Å².